The fraction of sp³-hybridized carbons (Fsp3) is 0.440. The number of carbonyl (C=O) groups excluding carboxylic acids is 1. The lowest BCUT2D eigenvalue weighted by molar-refractivity contribution is -0.121. The van der Waals surface area contributed by atoms with Crippen LogP contribution in [0.1, 0.15) is 35.3 Å². The summed E-state index contributed by atoms with van der Waals surface area (Å²) in [6.45, 7) is 5.71. The summed E-state index contributed by atoms with van der Waals surface area (Å²) in [4.78, 5) is 28.9. The maximum Gasteiger partial charge on any atom is 0.339 e. The van der Waals surface area contributed by atoms with Crippen LogP contribution in [0.3, 0.4) is 0 Å². The molecule has 6 nitrogen and oxygen atoms in total. The van der Waals surface area contributed by atoms with Crippen molar-refractivity contribution in [3.63, 3.8) is 0 Å². The van der Waals surface area contributed by atoms with Gasteiger partial charge in [0, 0.05) is 47.9 Å². The van der Waals surface area contributed by atoms with E-state index in [4.69, 9.17) is 9.15 Å². The number of nitrogens with zero attached hydrogens (tertiary/aromatic N) is 1. The molecule has 2 aromatic heterocycles. The Morgan fingerprint density at radius 2 is 2.22 bits per heavy atom. The van der Waals surface area contributed by atoms with Crippen molar-refractivity contribution in [2.45, 2.75) is 39.2 Å². The molecule has 0 aliphatic carbocycles. The van der Waals surface area contributed by atoms with E-state index in [0.717, 1.165) is 43.4 Å². The molecule has 0 radical (unpaired) electrons. The van der Waals surface area contributed by atoms with Gasteiger partial charge < -0.3 is 14.5 Å². The van der Waals surface area contributed by atoms with Gasteiger partial charge in [-0.15, -0.1) is 11.3 Å². The first kappa shape index (κ1) is 22.6. The Morgan fingerprint density at radius 3 is 3.00 bits per heavy atom. The van der Waals surface area contributed by atoms with Gasteiger partial charge in [0.2, 0.25) is 5.91 Å². The van der Waals surface area contributed by atoms with Crippen LogP contribution in [0.15, 0.2) is 44.9 Å². The number of piperidine rings is 1. The fourth-order valence-corrected chi connectivity index (χ4v) is 5.21. The molecule has 1 amide bonds. The molecule has 3 heterocycles. The van der Waals surface area contributed by atoms with Crippen molar-refractivity contribution in [1.82, 2.24) is 10.2 Å². The summed E-state index contributed by atoms with van der Waals surface area (Å²) in [6.07, 6.45) is 2.95. The number of nitrogens with one attached hydrogen (secondary N) is 1. The van der Waals surface area contributed by atoms with Crippen molar-refractivity contribution in [2.24, 2.45) is 5.92 Å². The van der Waals surface area contributed by atoms with Crippen molar-refractivity contribution in [3.05, 3.63) is 62.1 Å². The number of carbonyl (C=O) groups is 1. The summed E-state index contributed by atoms with van der Waals surface area (Å²) >= 11 is 1.79. The standard InChI is InChI=1S/C25H30N2O4S/c1-17-21-8-7-19(30-2)13-23(21)31-25(29)22(17)9-10-24(28)26-14-18-5-3-11-27(15-18)16-20-6-4-12-32-20/h4,6-8,12-13,18H,3,5,9-11,14-16H2,1-2H3,(H,26,28). The topological polar surface area (TPSA) is 71.8 Å². The van der Waals surface area contributed by atoms with Crippen LogP contribution in [0.25, 0.3) is 11.0 Å². The van der Waals surface area contributed by atoms with Gasteiger partial charge in [-0.1, -0.05) is 6.07 Å². The highest BCUT2D eigenvalue weighted by atomic mass is 32.1. The third-order valence-corrected chi connectivity index (χ3v) is 7.11. The molecule has 1 fully saturated rings. The minimum atomic E-state index is -0.382. The molecule has 7 heteroatoms. The number of hydrogen-bond donors (Lipinski definition) is 1. The number of aryl methyl sites for hydroxylation is 1. The van der Waals surface area contributed by atoms with Crippen molar-refractivity contribution in [3.8, 4) is 5.75 Å². The molecule has 1 aliphatic rings. The number of hydrogen-bond acceptors (Lipinski definition) is 6. The van der Waals surface area contributed by atoms with Gasteiger partial charge in [0.15, 0.2) is 0 Å². The number of ether oxygens (including phenoxy) is 1. The molecule has 32 heavy (non-hydrogen) atoms. The highest BCUT2D eigenvalue weighted by molar-refractivity contribution is 7.09. The van der Waals surface area contributed by atoms with Crippen molar-refractivity contribution < 1.29 is 13.9 Å². The molecule has 1 atom stereocenters. The largest absolute Gasteiger partial charge is 0.497 e. The Morgan fingerprint density at radius 1 is 1.34 bits per heavy atom. The Hall–Kier alpha value is -2.64. The highest BCUT2D eigenvalue weighted by Crippen LogP contribution is 2.24. The predicted octanol–water partition coefficient (Wildman–Crippen LogP) is 4.13. The summed E-state index contributed by atoms with van der Waals surface area (Å²) in [5, 5.41) is 6.07. The number of methoxy groups -OCH3 is 1. The summed E-state index contributed by atoms with van der Waals surface area (Å²) in [6, 6.07) is 9.72. The SMILES string of the molecule is COc1ccc2c(C)c(CCC(=O)NCC3CCCN(Cc4cccs4)C3)c(=O)oc2c1. The van der Waals surface area contributed by atoms with Crippen LogP contribution in [0.5, 0.6) is 5.75 Å². The van der Waals surface area contributed by atoms with Gasteiger partial charge in [-0.05, 0) is 67.8 Å². The van der Waals surface area contributed by atoms with Crippen molar-refractivity contribution in [1.29, 1.82) is 0 Å². The van der Waals surface area contributed by atoms with Crippen molar-refractivity contribution >= 4 is 28.2 Å². The van der Waals surface area contributed by atoms with Crippen LogP contribution in [-0.4, -0.2) is 37.6 Å². The normalized spacial score (nSPS) is 16.9. The molecule has 4 rings (SSSR count). The smallest absolute Gasteiger partial charge is 0.339 e. The Bertz CT molecular complexity index is 1120. The zero-order valence-corrected chi connectivity index (χ0v) is 19.5. The molecule has 1 aliphatic heterocycles. The van der Waals surface area contributed by atoms with Gasteiger partial charge in [-0.3, -0.25) is 9.69 Å². The third kappa shape index (κ3) is 5.40. The van der Waals surface area contributed by atoms with Gasteiger partial charge in [0.1, 0.15) is 11.3 Å². The van der Waals surface area contributed by atoms with Crippen LogP contribution in [0.4, 0.5) is 0 Å². The van der Waals surface area contributed by atoms with E-state index in [1.54, 1.807) is 24.5 Å². The molecule has 3 aromatic rings. The molecular weight excluding hydrogens is 424 g/mol. The van der Waals surface area contributed by atoms with Crippen molar-refractivity contribution in [2.75, 3.05) is 26.7 Å². The van der Waals surface area contributed by atoms with E-state index in [0.29, 0.717) is 35.8 Å². The second kappa shape index (κ2) is 10.3. The molecule has 1 saturated heterocycles. The first-order valence-corrected chi connectivity index (χ1v) is 12.0. The predicted molar refractivity (Wildman–Crippen MR) is 127 cm³/mol. The molecule has 0 bridgehead atoms. The molecular formula is C25H30N2O4S. The lowest BCUT2D eigenvalue weighted by Crippen LogP contribution is -2.40. The number of rotatable bonds is 8. The average Bonchev–Trinajstić information content (AvgIpc) is 3.30. The highest BCUT2D eigenvalue weighted by Gasteiger charge is 2.21. The Balaban J connectivity index is 1.30. The maximum atomic E-state index is 12.5. The minimum Gasteiger partial charge on any atom is -0.497 e. The third-order valence-electron chi connectivity index (χ3n) is 6.25. The summed E-state index contributed by atoms with van der Waals surface area (Å²) < 4.78 is 10.7. The average molecular weight is 455 g/mol. The summed E-state index contributed by atoms with van der Waals surface area (Å²) in [7, 11) is 1.58. The first-order chi connectivity index (χ1) is 15.5. The van der Waals surface area contributed by atoms with Crippen LogP contribution in [0, 0.1) is 12.8 Å². The number of amides is 1. The van der Waals surface area contributed by atoms with E-state index in [-0.39, 0.29) is 18.0 Å². The molecule has 0 spiro atoms. The second-order valence-corrected chi connectivity index (χ2v) is 9.51. The van der Waals surface area contributed by atoms with E-state index in [1.165, 1.54) is 4.88 Å². The Kier molecular flexibility index (Phi) is 7.27. The quantitative estimate of drug-likeness (QED) is 0.518. The monoisotopic (exact) mass is 454 g/mol. The summed E-state index contributed by atoms with van der Waals surface area (Å²) in [5.74, 6) is 1.09. The zero-order valence-electron chi connectivity index (χ0n) is 18.7. The number of benzene rings is 1. The Labute approximate surface area is 192 Å². The van der Waals surface area contributed by atoms with Gasteiger partial charge >= 0.3 is 5.63 Å². The van der Waals surface area contributed by atoms with E-state index >= 15 is 0 Å². The number of thiophene rings is 1. The fourth-order valence-electron chi connectivity index (χ4n) is 4.46. The van der Waals surface area contributed by atoms with Crippen LogP contribution < -0.4 is 15.7 Å². The molecule has 1 unspecified atom stereocenters. The van der Waals surface area contributed by atoms with E-state index in [1.807, 2.05) is 19.1 Å². The minimum absolute atomic E-state index is 0.0194. The summed E-state index contributed by atoms with van der Waals surface area (Å²) in [5.41, 5.74) is 1.55. The van der Waals surface area contributed by atoms with Crippen LogP contribution in [0.2, 0.25) is 0 Å². The molecule has 170 valence electrons. The van der Waals surface area contributed by atoms with E-state index in [9.17, 15) is 9.59 Å². The van der Waals surface area contributed by atoms with Crippen LogP contribution in [-0.2, 0) is 17.8 Å². The lowest BCUT2D eigenvalue weighted by atomic mass is 9.97. The molecule has 1 aromatic carbocycles. The first-order valence-electron chi connectivity index (χ1n) is 11.1. The molecule has 0 saturated carbocycles. The van der Waals surface area contributed by atoms with Gasteiger partial charge in [0.05, 0.1) is 7.11 Å². The maximum absolute atomic E-state index is 12.5. The number of likely N-dealkylation sites (tertiary alicyclic amines) is 1. The van der Waals surface area contributed by atoms with Gasteiger partial charge in [-0.25, -0.2) is 4.79 Å². The molecule has 1 N–H and O–H groups in total. The van der Waals surface area contributed by atoms with Crippen LogP contribution >= 0.6 is 11.3 Å². The lowest BCUT2D eigenvalue weighted by Gasteiger charge is -2.32. The van der Waals surface area contributed by atoms with E-state index < -0.39 is 0 Å². The number of fused-ring (bicyclic) bond motifs is 1. The zero-order chi connectivity index (χ0) is 22.5. The van der Waals surface area contributed by atoms with Gasteiger partial charge in [0.25, 0.3) is 0 Å². The second-order valence-electron chi connectivity index (χ2n) is 8.48. The van der Waals surface area contributed by atoms with E-state index in [2.05, 4.69) is 27.7 Å². The van der Waals surface area contributed by atoms with Gasteiger partial charge in [-0.2, -0.15) is 0 Å².